The van der Waals surface area contributed by atoms with Crippen molar-refractivity contribution in [2.45, 2.75) is 19.4 Å². The third-order valence-corrected chi connectivity index (χ3v) is 1.81. The largest absolute Gasteiger partial charge is 0.423 e. The Morgan fingerprint density at radius 2 is 2.25 bits per heavy atom. The van der Waals surface area contributed by atoms with Crippen molar-refractivity contribution < 1.29 is 9.16 Å². The van der Waals surface area contributed by atoms with Crippen molar-refractivity contribution in [2.75, 3.05) is 13.7 Å². The number of hydrogen-bond acceptors (Lipinski definition) is 2. The van der Waals surface area contributed by atoms with E-state index in [2.05, 4.69) is 6.92 Å². The van der Waals surface area contributed by atoms with Gasteiger partial charge in [0.2, 0.25) is 0 Å². The molecule has 0 aliphatic heterocycles. The van der Waals surface area contributed by atoms with Gasteiger partial charge < -0.3 is 9.16 Å². The van der Waals surface area contributed by atoms with Crippen LogP contribution in [-0.2, 0) is 9.16 Å². The second-order valence-electron chi connectivity index (χ2n) is 1.72. The average Bonchev–Trinajstić information content (AvgIpc) is 1.83. The van der Waals surface area contributed by atoms with E-state index in [0.29, 0.717) is 6.10 Å². The van der Waals surface area contributed by atoms with Crippen LogP contribution in [0.3, 0.4) is 0 Å². The van der Waals surface area contributed by atoms with Crippen LogP contribution in [0.4, 0.5) is 0 Å². The zero-order chi connectivity index (χ0) is 6.41. The molecule has 0 rings (SSSR count). The Morgan fingerprint density at radius 3 is 2.38 bits per heavy atom. The highest BCUT2D eigenvalue weighted by Crippen LogP contribution is 1.93. The van der Waals surface area contributed by atoms with E-state index in [0.717, 1.165) is 23.5 Å². The summed E-state index contributed by atoms with van der Waals surface area (Å²) in [5.74, 6) is 0. The number of methoxy groups -OCH3 is 1. The molecule has 0 spiro atoms. The lowest BCUT2D eigenvalue weighted by Crippen LogP contribution is -2.16. The van der Waals surface area contributed by atoms with Gasteiger partial charge in [0.1, 0.15) is 10.5 Å². The summed E-state index contributed by atoms with van der Waals surface area (Å²) in [6, 6.07) is 0. The molecule has 1 atom stereocenters. The van der Waals surface area contributed by atoms with Gasteiger partial charge in [-0.25, -0.2) is 0 Å². The van der Waals surface area contributed by atoms with E-state index in [9.17, 15) is 0 Å². The van der Waals surface area contributed by atoms with E-state index in [4.69, 9.17) is 9.16 Å². The molecule has 0 N–H and O–H groups in total. The predicted octanol–water partition coefficient (Wildman–Crippen LogP) is -0.292. The van der Waals surface area contributed by atoms with Gasteiger partial charge in [0, 0.05) is 7.11 Å². The van der Waals surface area contributed by atoms with Crippen LogP contribution >= 0.6 is 0 Å². The Balaban J connectivity index is 3.07. The van der Waals surface area contributed by atoms with Crippen molar-refractivity contribution in [3.63, 3.8) is 0 Å². The van der Waals surface area contributed by atoms with Crippen LogP contribution in [0.25, 0.3) is 0 Å². The zero-order valence-electron chi connectivity index (χ0n) is 5.81. The van der Waals surface area contributed by atoms with Gasteiger partial charge in [-0.1, -0.05) is 6.92 Å². The summed E-state index contributed by atoms with van der Waals surface area (Å²) in [5.41, 5.74) is 0. The van der Waals surface area contributed by atoms with Gasteiger partial charge in [-0.2, -0.15) is 0 Å². The molecule has 8 heavy (non-hydrogen) atoms. The first kappa shape index (κ1) is 8.14. The Morgan fingerprint density at radius 1 is 1.62 bits per heavy atom. The fourth-order valence-corrected chi connectivity index (χ4v) is 1.01. The van der Waals surface area contributed by atoms with E-state index in [1.165, 1.54) is 0 Å². The van der Waals surface area contributed by atoms with Gasteiger partial charge >= 0.3 is 0 Å². The quantitative estimate of drug-likeness (QED) is 0.492. The molecule has 0 aliphatic rings. The third kappa shape index (κ3) is 3.18. The topological polar surface area (TPSA) is 18.5 Å². The van der Waals surface area contributed by atoms with Gasteiger partial charge in [0.05, 0.1) is 12.7 Å². The van der Waals surface area contributed by atoms with Gasteiger partial charge in [-0.05, 0) is 6.42 Å². The molecule has 1 unspecified atom stereocenters. The fourth-order valence-electron chi connectivity index (χ4n) is 0.538. The molecule has 0 fully saturated rings. The normalized spacial score (nSPS) is 14.2. The summed E-state index contributed by atoms with van der Waals surface area (Å²) < 4.78 is 10.0. The lowest BCUT2D eigenvalue weighted by atomic mass is 10.3. The number of ether oxygens (including phenoxy) is 1. The van der Waals surface area contributed by atoms with Crippen LogP contribution in [0.15, 0.2) is 0 Å². The lowest BCUT2D eigenvalue weighted by Gasteiger charge is -2.10. The molecule has 0 aromatic carbocycles. The summed E-state index contributed by atoms with van der Waals surface area (Å²) in [4.78, 5) is 0. The maximum Gasteiger partial charge on any atom is 0.146 e. The van der Waals surface area contributed by atoms with Gasteiger partial charge in [-0.15, -0.1) is 0 Å². The molecule has 0 radical (unpaired) electrons. The van der Waals surface area contributed by atoms with E-state index >= 15 is 0 Å². The van der Waals surface area contributed by atoms with Crippen molar-refractivity contribution in [3.8, 4) is 0 Å². The molecule has 2 nitrogen and oxygen atoms in total. The molecule has 0 amide bonds. The van der Waals surface area contributed by atoms with Crippen molar-refractivity contribution in [1.29, 1.82) is 0 Å². The number of rotatable bonds is 4. The van der Waals surface area contributed by atoms with Crippen molar-refractivity contribution >= 4 is 10.5 Å². The molecule has 0 aromatic heterocycles. The monoisotopic (exact) mass is 134 g/mol. The Kier molecular flexibility index (Phi) is 5.37. The fraction of sp³-hybridized carbons (Fsp3) is 1.00. The maximum atomic E-state index is 5.15. The highest BCUT2D eigenvalue weighted by Gasteiger charge is 1.99. The van der Waals surface area contributed by atoms with Crippen molar-refractivity contribution in [3.05, 3.63) is 0 Å². The summed E-state index contributed by atoms with van der Waals surface area (Å²) in [5, 5.41) is 0. The minimum absolute atomic E-state index is 0.340. The van der Waals surface area contributed by atoms with Crippen LogP contribution in [-0.4, -0.2) is 30.3 Å². The van der Waals surface area contributed by atoms with Gasteiger partial charge in [0.25, 0.3) is 0 Å². The zero-order valence-corrected chi connectivity index (χ0v) is 7.81. The third-order valence-electron chi connectivity index (χ3n) is 1.14. The Labute approximate surface area is 53.7 Å². The van der Waals surface area contributed by atoms with Crippen molar-refractivity contribution in [2.24, 2.45) is 0 Å². The van der Waals surface area contributed by atoms with Crippen LogP contribution in [0, 0.1) is 0 Å². The number of hydrogen-bond donors (Lipinski definition) is 0. The minimum atomic E-state index is 0.340. The smallest absolute Gasteiger partial charge is 0.146 e. The summed E-state index contributed by atoms with van der Waals surface area (Å²) in [6.45, 7) is 2.83. The van der Waals surface area contributed by atoms with E-state index in [1.807, 2.05) is 0 Å². The first-order valence-corrected chi connectivity index (χ1v) is 3.68. The standard InChI is InChI=1S/C5H14O2Si/c1-3-5(7-8)4-6-2/h5H,3-4H2,1-2,8H3. The molecular formula is C5H14O2Si. The summed E-state index contributed by atoms with van der Waals surface area (Å²) in [6.07, 6.45) is 1.39. The highest BCUT2D eigenvalue weighted by molar-refractivity contribution is 5.98. The van der Waals surface area contributed by atoms with Gasteiger partial charge in [-0.3, -0.25) is 0 Å². The molecule has 0 heterocycles. The molecule has 0 saturated heterocycles. The molecule has 0 saturated carbocycles. The second kappa shape index (κ2) is 5.28. The van der Waals surface area contributed by atoms with E-state index in [-0.39, 0.29) is 0 Å². The maximum absolute atomic E-state index is 5.15. The van der Waals surface area contributed by atoms with Gasteiger partial charge in [0.15, 0.2) is 0 Å². The molecule has 50 valence electrons. The second-order valence-corrected chi connectivity index (χ2v) is 2.19. The van der Waals surface area contributed by atoms with Crippen LogP contribution in [0.2, 0.25) is 0 Å². The molecule has 3 heteroatoms. The van der Waals surface area contributed by atoms with Crippen LogP contribution in [0.1, 0.15) is 13.3 Å². The Bertz CT molecular complexity index is 45.7. The highest BCUT2D eigenvalue weighted by atomic mass is 28.2. The van der Waals surface area contributed by atoms with Crippen LogP contribution in [0.5, 0.6) is 0 Å². The average molecular weight is 134 g/mol. The van der Waals surface area contributed by atoms with Crippen LogP contribution < -0.4 is 0 Å². The molecule has 0 aliphatic carbocycles. The predicted molar refractivity (Wildman–Crippen MR) is 37.0 cm³/mol. The molecule has 0 bridgehead atoms. The lowest BCUT2D eigenvalue weighted by molar-refractivity contribution is 0.0852. The SMILES string of the molecule is CCC(COC)O[SiH3]. The molecule has 0 aromatic rings. The van der Waals surface area contributed by atoms with Crippen molar-refractivity contribution in [1.82, 2.24) is 0 Å². The first-order valence-electron chi connectivity index (χ1n) is 2.86. The summed E-state index contributed by atoms with van der Waals surface area (Å²) in [7, 11) is 2.51. The minimum Gasteiger partial charge on any atom is -0.423 e. The summed E-state index contributed by atoms with van der Waals surface area (Å²) >= 11 is 0. The van der Waals surface area contributed by atoms with E-state index < -0.39 is 0 Å². The Hall–Kier alpha value is 0.137. The molecular weight excluding hydrogens is 120 g/mol. The first-order chi connectivity index (χ1) is 3.85. The van der Waals surface area contributed by atoms with E-state index in [1.54, 1.807) is 7.11 Å².